The zero-order chi connectivity index (χ0) is 10.7. The summed E-state index contributed by atoms with van der Waals surface area (Å²) >= 11 is 3.20. The van der Waals surface area contributed by atoms with E-state index in [-0.39, 0.29) is 5.78 Å². The predicted molar refractivity (Wildman–Crippen MR) is 56.1 cm³/mol. The normalized spacial score (nSPS) is 9.64. The number of halogens is 1. The average Bonchev–Trinajstić information content (AvgIpc) is 2.17. The quantitative estimate of drug-likeness (QED) is 0.617. The minimum atomic E-state index is -0.0972. The molecule has 74 valence electrons. The Morgan fingerprint density at radius 3 is 2.57 bits per heavy atom. The van der Waals surface area contributed by atoms with Gasteiger partial charge in [0, 0.05) is 10.0 Å². The minimum absolute atomic E-state index is 0.0972. The number of carbonyl (C=O) groups excluding carboxylic acids is 2. The van der Waals surface area contributed by atoms with Gasteiger partial charge in [-0.2, -0.15) is 0 Å². The van der Waals surface area contributed by atoms with Crippen molar-refractivity contribution in [1.29, 1.82) is 0 Å². The van der Waals surface area contributed by atoms with Gasteiger partial charge in [-0.25, -0.2) is 0 Å². The zero-order valence-corrected chi connectivity index (χ0v) is 9.42. The molecule has 0 fully saturated rings. The van der Waals surface area contributed by atoms with Crippen molar-refractivity contribution in [3.63, 3.8) is 0 Å². The molecule has 1 rings (SSSR count). The van der Waals surface area contributed by atoms with E-state index in [0.717, 1.165) is 0 Å². The monoisotopic (exact) mass is 256 g/mol. The number of aldehydes is 1. The molecular formula is C10H9BrO3. The highest BCUT2D eigenvalue weighted by atomic mass is 79.9. The highest BCUT2D eigenvalue weighted by Crippen LogP contribution is 2.26. The van der Waals surface area contributed by atoms with Crippen LogP contribution in [0, 0.1) is 0 Å². The molecule has 0 atom stereocenters. The van der Waals surface area contributed by atoms with Gasteiger partial charge in [-0.1, -0.05) is 15.9 Å². The van der Waals surface area contributed by atoms with E-state index >= 15 is 0 Å². The number of hydrogen-bond donors (Lipinski definition) is 0. The van der Waals surface area contributed by atoms with Gasteiger partial charge in [0.2, 0.25) is 0 Å². The summed E-state index contributed by atoms with van der Waals surface area (Å²) in [7, 11) is 1.46. The first-order valence-corrected chi connectivity index (χ1v) is 4.73. The van der Waals surface area contributed by atoms with E-state index in [4.69, 9.17) is 4.74 Å². The van der Waals surface area contributed by atoms with Crippen molar-refractivity contribution < 1.29 is 14.3 Å². The van der Waals surface area contributed by atoms with E-state index in [2.05, 4.69) is 15.9 Å². The second-order valence-electron chi connectivity index (χ2n) is 2.75. The lowest BCUT2D eigenvalue weighted by atomic mass is 10.1. The summed E-state index contributed by atoms with van der Waals surface area (Å²) in [6.45, 7) is 1.45. The first kappa shape index (κ1) is 10.9. The van der Waals surface area contributed by atoms with Gasteiger partial charge >= 0.3 is 0 Å². The standard InChI is InChI=1S/C10H9BrO3/c1-6(13)8-4-9(11)7(5-12)3-10(8)14-2/h3-5H,1-2H3. The Kier molecular flexibility index (Phi) is 3.41. The molecule has 1 aromatic rings. The van der Waals surface area contributed by atoms with Gasteiger partial charge in [0.15, 0.2) is 12.1 Å². The van der Waals surface area contributed by atoms with E-state index in [1.165, 1.54) is 20.1 Å². The Labute approximate surface area is 90.2 Å². The van der Waals surface area contributed by atoms with Crippen LogP contribution in [0.5, 0.6) is 5.75 Å². The SMILES string of the molecule is COc1cc(C=O)c(Br)cc1C(C)=O. The third-order valence-electron chi connectivity index (χ3n) is 1.83. The van der Waals surface area contributed by atoms with Crippen LogP contribution in [0.1, 0.15) is 27.6 Å². The van der Waals surface area contributed by atoms with Crippen molar-refractivity contribution in [2.75, 3.05) is 7.11 Å². The van der Waals surface area contributed by atoms with Gasteiger partial charge in [-0.3, -0.25) is 9.59 Å². The topological polar surface area (TPSA) is 43.4 Å². The second-order valence-corrected chi connectivity index (χ2v) is 3.60. The fraction of sp³-hybridized carbons (Fsp3) is 0.200. The van der Waals surface area contributed by atoms with Crippen LogP contribution in [0.25, 0.3) is 0 Å². The number of ether oxygens (including phenoxy) is 1. The molecule has 0 aromatic heterocycles. The number of Topliss-reactive ketones (excluding diaryl/α,β-unsaturated/α-hetero) is 1. The maximum Gasteiger partial charge on any atom is 0.163 e. The maximum absolute atomic E-state index is 11.2. The largest absolute Gasteiger partial charge is 0.496 e. The lowest BCUT2D eigenvalue weighted by Crippen LogP contribution is -1.99. The lowest BCUT2D eigenvalue weighted by molar-refractivity contribution is 0.101. The van der Waals surface area contributed by atoms with Gasteiger partial charge in [-0.15, -0.1) is 0 Å². The number of ketones is 1. The van der Waals surface area contributed by atoms with Crippen molar-refractivity contribution in [3.8, 4) is 5.75 Å². The number of rotatable bonds is 3. The van der Waals surface area contributed by atoms with Gasteiger partial charge in [0.1, 0.15) is 5.75 Å². The molecule has 0 bridgehead atoms. The zero-order valence-electron chi connectivity index (χ0n) is 7.83. The van der Waals surface area contributed by atoms with Crippen LogP contribution >= 0.6 is 15.9 Å². The predicted octanol–water partition coefficient (Wildman–Crippen LogP) is 2.47. The molecule has 0 saturated heterocycles. The van der Waals surface area contributed by atoms with Crippen LogP contribution in [0.4, 0.5) is 0 Å². The Balaban J connectivity index is 3.38. The molecule has 0 amide bonds. The minimum Gasteiger partial charge on any atom is -0.496 e. The highest BCUT2D eigenvalue weighted by Gasteiger charge is 2.11. The Morgan fingerprint density at radius 2 is 2.14 bits per heavy atom. The number of methoxy groups -OCH3 is 1. The number of hydrogen-bond acceptors (Lipinski definition) is 3. The molecule has 0 spiro atoms. The maximum atomic E-state index is 11.2. The van der Waals surface area contributed by atoms with Crippen molar-refractivity contribution in [2.24, 2.45) is 0 Å². The lowest BCUT2D eigenvalue weighted by Gasteiger charge is -2.07. The van der Waals surface area contributed by atoms with E-state index < -0.39 is 0 Å². The molecular weight excluding hydrogens is 248 g/mol. The Morgan fingerprint density at radius 1 is 1.50 bits per heavy atom. The number of carbonyl (C=O) groups is 2. The van der Waals surface area contributed by atoms with Crippen LogP contribution in [0.3, 0.4) is 0 Å². The fourth-order valence-electron chi connectivity index (χ4n) is 1.10. The van der Waals surface area contributed by atoms with Gasteiger partial charge in [0.25, 0.3) is 0 Å². The molecule has 0 radical (unpaired) electrons. The van der Waals surface area contributed by atoms with Crippen molar-refractivity contribution >= 4 is 28.0 Å². The summed E-state index contributed by atoms with van der Waals surface area (Å²) in [5.74, 6) is 0.322. The highest BCUT2D eigenvalue weighted by molar-refractivity contribution is 9.10. The molecule has 14 heavy (non-hydrogen) atoms. The fourth-order valence-corrected chi connectivity index (χ4v) is 1.54. The molecule has 0 aliphatic carbocycles. The van der Waals surface area contributed by atoms with E-state index in [0.29, 0.717) is 27.6 Å². The molecule has 0 heterocycles. The third-order valence-corrected chi connectivity index (χ3v) is 2.51. The molecule has 4 heteroatoms. The van der Waals surface area contributed by atoms with Crippen molar-refractivity contribution in [1.82, 2.24) is 0 Å². The molecule has 3 nitrogen and oxygen atoms in total. The number of benzene rings is 1. The third kappa shape index (κ3) is 2.01. The summed E-state index contributed by atoms with van der Waals surface area (Å²) in [5.41, 5.74) is 0.928. The van der Waals surface area contributed by atoms with Gasteiger partial charge < -0.3 is 4.74 Å². The Bertz CT molecular complexity index is 385. The first-order chi connectivity index (χ1) is 6.60. The van der Waals surface area contributed by atoms with Crippen LogP contribution in [0.2, 0.25) is 0 Å². The molecule has 0 N–H and O–H groups in total. The Hall–Kier alpha value is -1.16. The molecule has 0 saturated carbocycles. The molecule has 0 unspecified atom stereocenters. The van der Waals surface area contributed by atoms with Crippen LogP contribution < -0.4 is 4.74 Å². The van der Waals surface area contributed by atoms with Crippen molar-refractivity contribution in [3.05, 3.63) is 27.7 Å². The molecule has 0 aliphatic rings. The van der Waals surface area contributed by atoms with Crippen LogP contribution in [0.15, 0.2) is 16.6 Å². The first-order valence-electron chi connectivity index (χ1n) is 3.93. The van der Waals surface area contributed by atoms with Crippen molar-refractivity contribution in [2.45, 2.75) is 6.92 Å². The summed E-state index contributed by atoms with van der Waals surface area (Å²) in [6.07, 6.45) is 0.705. The summed E-state index contributed by atoms with van der Waals surface area (Å²) in [6, 6.07) is 3.12. The van der Waals surface area contributed by atoms with E-state index in [1.807, 2.05) is 0 Å². The van der Waals surface area contributed by atoms with Crippen LogP contribution in [-0.4, -0.2) is 19.2 Å². The molecule has 0 aliphatic heterocycles. The summed E-state index contributed by atoms with van der Waals surface area (Å²) in [5, 5.41) is 0. The summed E-state index contributed by atoms with van der Waals surface area (Å²) in [4.78, 5) is 21.8. The molecule has 1 aromatic carbocycles. The van der Waals surface area contributed by atoms with Crippen LogP contribution in [-0.2, 0) is 0 Å². The van der Waals surface area contributed by atoms with E-state index in [9.17, 15) is 9.59 Å². The van der Waals surface area contributed by atoms with Gasteiger partial charge in [-0.05, 0) is 19.1 Å². The van der Waals surface area contributed by atoms with Gasteiger partial charge in [0.05, 0.1) is 12.7 Å². The second kappa shape index (κ2) is 4.37. The smallest absolute Gasteiger partial charge is 0.163 e. The summed E-state index contributed by atoms with van der Waals surface area (Å²) < 4.78 is 5.60. The average molecular weight is 257 g/mol. The van der Waals surface area contributed by atoms with E-state index in [1.54, 1.807) is 6.07 Å².